The molecule has 4 unspecified atom stereocenters. The summed E-state index contributed by atoms with van der Waals surface area (Å²) < 4.78 is 4.89. The van der Waals surface area contributed by atoms with Gasteiger partial charge in [0.25, 0.3) is 0 Å². The van der Waals surface area contributed by atoms with Gasteiger partial charge in [-0.3, -0.25) is 19.3 Å². The number of esters is 1. The lowest BCUT2D eigenvalue weighted by molar-refractivity contribution is -0.151. The van der Waals surface area contributed by atoms with Crippen LogP contribution in [0.3, 0.4) is 0 Å². The Balaban J connectivity index is 2.20. The van der Waals surface area contributed by atoms with Crippen LogP contribution >= 0.6 is 0 Å². The van der Waals surface area contributed by atoms with Crippen LogP contribution < -0.4 is 10.6 Å². The van der Waals surface area contributed by atoms with Gasteiger partial charge in [-0.1, -0.05) is 78.8 Å². The van der Waals surface area contributed by atoms with Crippen LogP contribution in [0.2, 0.25) is 0 Å². The minimum absolute atomic E-state index is 0.0829. The molecule has 242 valence electrons. The zero-order chi connectivity index (χ0) is 32.7. The zero-order valence-electron chi connectivity index (χ0n) is 28.2. The van der Waals surface area contributed by atoms with E-state index >= 15 is 0 Å². The Kier molecular flexibility index (Phi) is 12.8. The molecule has 1 aromatic rings. The smallest absolute Gasteiger partial charge is 0.328 e. The van der Waals surface area contributed by atoms with Crippen molar-refractivity contribution in [1.82, 2.24) is 25.3 Å². The molecule has 0 aromatic heterocycles. The van der Waals surface area contributed by atoms with Crippen molar-refractivity contribution >= 4 is 23.7 Å². The van der Waals surface area contributed by atoms with Gasteiger partial charge >= 0.3 is 5.97 Å². The number of nitrogens with zero attached hydrogens (tertiary/aromatic N) is 3. The lowest BCUT2D eigenvalue weighted by atomic mass is 9.76. The first-order valence-electron chi connectivity index (χ1n) is 15.3. The van der Waals surface area contributed by atoms with Crippen molar-refractivity contribution in [2.24, 2.45) is 11.3 Å². The second-order valence-electron chi connectivity index (χ2n) is 13.8. The molecule has 4 atom stereocenters. The molecule has 0 bridgehead atoms. The van der Waals surface area contributed by atoms with E-state index in [0.29, 0.717) is 19.5 Å². The first-order valence-corrected chi connectivity index (χ1v) is 15.3. The highest BCUT2D eigenvalue weighted by Gasteiger charge is 2.42. The lowest BCUT2D eigenvalue weighted by Crippen LogP contribution is -2.62. The first kappa shape index (κ1) is 36.2. The largest absolute Gasteiger partial charge is 0.467 e. The molecule has 0 saturated carbocycles. The Morgan fingerprint density at radius 3 is 2.14 bits per heavy atom. The summed E-state index contributed by atoms with van der Waals surface area (Å²) in [6, 6.07) is 7.76. The number of nitrogens with one attached hydrogen (secondary N) is 2. The predicted molar refractivity (Wildman–Crippen MR) is 169 cm³/mol. The molecule has 1 saturated heterocycles. The number of hydrogen-bond donors (Lipinski definition) is 2. The summed E-state index contributed by atoms with van der Waals surface area (Å²) in [7, 11) is 6.72. The molecule has 10 nitrogen and oxygen atoms in total. The third-order valence-corrected chi connectivity index (χ3v) is 8.75. The van der Waals surface area contributed by atoms with E-state index in [4.69, 9.17) is 4.74 Å². The van der Waals surface area contributed by atoms with E-state index in [9.17, 15) is 19.2 Å². The fraction of sp³-hybridized carbons (Fsp3) is 0.697. The second-order valence-corrected chi connectivity index (χ2v) is 13.8. The molecule has 0 radical (unpaired) electrons. The van der Waals surface area contributed by atoms with Crippen LogP contribution in [0.25, 0.3) is 0 Å². The van der Waals surface area contributed by atoms with Gasteiger partial charge in [0.15, 0.2) is 0 Å². The molecule has 10 heteroatoms. The maximum atomic E-state index is 14.1. The van der Waals surface area contributed by atoms with Gasteiger partial charge in [0.05, 0.1) is 19.7 Å². The molecule has 3 amide bonds. The van der Waals surface area contributed by atoms with Gasteiger partial charge in [-0.25, -0.2) is 4.79 Å². The number of rotatable bonds is 13. The van der Waals surface area contributed by atoms with Crippen LogP contribution in [0.15, 0.2) is 30.3 Å². The molecule has 0 spiro atoms. The normalized spacial score (nSPS) is 17.9. The number of ether oxygens (including phenoxy) is 1. The van der Waals surface area contributed by atoms with Crippen LogP contribution in [0, 0.1) is 11.3 Å². The molecule has 0 aliphatic carbocycles. The number of likely N-dealkylation sites (N-methyl/N-ethyl adjacent to an activating group) is 3. The van der Waals surface area contributed by atoms with Crippen LogP contribution in [-0.2, 0) is 29.3 Å². The zero-order valence-corrected chi connectivity index (χ0v) is 28.2. The predicted octanol–water partition coefficient (Wildman–Crippen LogP) is 2.66. The summed E-state index contributed by atoms with van der Waals surface area (Å²) in [6.45, 7) is 15.1. The third-order valence-electron chi connectivity index (χ3n) is 8.75. The van der Waals surface area contributed by atoms with E-state index < -0.39 is 29.0 Å². The molecule has 1 aromatic carbocycles. The van der Waals surface area contributed by atoms with Crippen molar-refractivity contribution in [2.45, 2.75) is 90.9 Å². The highest BCUT2D eigenvalue weighted by atomic mass is 16.5. The molecule has 1 heterocycles. The van der Waals surface area contributed by atoms with Crippen molar-refractivity contribution in [3.63, 3.8) is 0 Å². The number of carbonyl (C=O) groups excluding carboxylic acids is 4. The number of benzene rings is 1. The minimum atomic E-state index is -0.772. The number of amides is 3. The summed E-state index contributed by atoms with van der Waals surface area (Å²) >= 11 is 0. The Morgan fingerprint density at radius 2 is 1.63 bits per heavy atom. The Labute approximate surface area is 258 Å². The summed E-state index contributed by atoms with van der Waals surface area (Å²) in [6.07, 6.45) is 1.36. The molecule has 2 N–H and O–H groups in total. The van der Waals surface area contributed by atoms with Crippen LogP contribution in [0.1, 0.15) is 66.9 Å². The van der Waals surface area contributed by atoms with E-state index in [1.807, 2.05) is 90.7 Å². The molecule has 43 heavy (non-hydrogen) atoms. The fourth-order valence-electron chi connectivity index (χ4n) is 6.03. The van der Waals surface area contributed by atoms with Gasteiger partial charge in [-0.2, -0.15) is 0 Å². The molecule has 1 aliphatic heterocycles. The van der Waals surface area contributed by atoms with Crippen molar-refractivity contribution in [1.29, 1.82) is 0 Å². The van der Waals surface area contributed by atoms with Gasteiger partial charge in [0, 0.05) is 31.6 Å². The van der Waals surface area contributed by atoms with Crippen molar-refractivity contribution in [2.75, 3.05) is 47.9 Å². The average Bonchev–Trinajstić information content (AvgIpc) is 3.44. The van der Waals surface area contributed by atoms with Crippen LogP contribution in [-0.4, -0.2) is 110 Å². The van der Waals surface area contributed by atoms with Crippen LogP contribution in [0.4, 0.5) is 0 Å². The summed E-state index contributed by atoms with van der Waals surface area (Å²) in [5.41, 5.74) is -0.0715. The maximum absolute atomic E-state index is 14.1. The molecule has 1 fully saturated rings. The monoisotopic (exact) mass is 601 g/mol. The standard InChI is InChI=1S/C33H55N5O5/c1-22(2)25(20-36(9)21-26(39)38-19-15-18-24(38)31(42)43-11)37(10)30(41)28(32(3,4)5)35-29(40)27(34-8)33(6,7)23-16-13-12-14-17-23/h12-14,16-17,22,24-25,27-28,34H,15,18-21H2,1-11H3,(H,35,40). The Morgan fingerprint density at radius 1 is 1.02 bits per heavy atom. The van der Waals surface area contributed by atoms with Gasteiger partial charge < -0.3 is 25.2 Å². The molecule has 2 rings (SSSR count). The topological polar surface area (TPSA) is 111 Å². The third kappa shape index (κ3) is 9.01. The number of hydrogen-bond acceptors (Lipinski definition) is 7. The summed E-state index contributed by atoms with van der Waals surface area (Å²) in [4.78, 5) is 58.4. The van der Waals surface area contributed by atoms with Gasteiger partial charge in [0.1, 0.15) is 12.1 Å². The number of methoxy groups -OCH3 is 1. The second kappa shape index (κ2) is 15.1. The maximum Gasteiger partial charge on any atom is 0.328 e. The SMILES string of the molecule is CNC(C(=O)NC(C(=O)N(C)C(CN(C)CC(=O)N1CCCC1C(=O)OC)C(C)C)C(C)(C)C)C(C)(C)c1ccccc1. The molecule has 1 aliphatic rings. The van der Waals surface area contributed by atoms with E-state index in [-0.39, 0.29) is 42.2 Å². The fourth-order valence-corrected chi connectivity index (χ4v) is 6.03. The summed E-state index contributed by atoms with van der Waals surface area (Å²) in [5, 5.41) is 6.27. The van der Waals surface area contributed by atoms with Gasteiger partial charge in [-0.05, 0) is 43.8 Å². The molecular weight excluding hydrogens is 546 g/mol. The van der Waals surface area contributed by atoms with Crippen molar-refractivity contribution in [3.8, 4) is 0 Å². The van der Waals surface area contributed by atoms with E-state index in [1.165, 1.54) is 7.11 Å². The number of likely N-dealkylation sites (tertiary alicyclic amines) is 1. The quantitative estimate of drug-likeness (QED) is 0.335. The number of carbonyl (C=O) groups is 4. The highest BCUT2D eigenvalue weighted by Crippen LogP contribution is 2.29. The van der Waals surface area contributed by atoms with Crippen molar-refractivity contribution < 1.29 is 23.9 Å². The first-order chi connectivity index (χ1) is 20.0. The molecular formula is C33H55N5O5. The average molecular weight is 602 g/mol. The van der Waals surface area contributed by atoms with E-state index in [2.05, 4.69) is 10.6 Å². The summed E-state index contributed by atoms with van der Waals surface area (Å²) in [5.74, 6) is -0.864. The van der Waals surface area contributed by atoms with Gasteiger partial charge in [-0.15, -0.1) is 0 Å². The lowest BCUT2D eigenvalue weighted by Gasteiger charge is -2.41. The minimum Gasteiger partial charge on any atom is -0.467 e. The van der Waals surface area contributed by atoms with E-state index in [0.717, 1.165) is 12.0 Å². The van der Waals surface area contributed by atoms with Crippen molar-refractivity contribution in [3.05, 3.63) is 35.9 Å². The van der Waals surface area contributed by atoms with Gasteiger partial charge in [0.2, 0.25) is 17.7 Å². The Hall–Kier alpha value is -2.98. The highest BCUT2D eigenvalue weighted by molar-refractivity contribution is 5.91. The van der Waals surface area contributed by atoms with E-state index in [1.54, 1.807) is 23.9 Å². The Bertz CT molecular complexity index is 1100. The van der Waals surface area contributed by atoms with Crippen LogP contribution in [0.5, 0.6) is 0 Å².